The number of aromatic nitrogens is 1. The van der Waals surface area contributed by atoms with Crippen LogP contribution < -0.4 is 27.8 Å². The molecule has 37 heavy (non-hydrogen) atoms. The first-order chi connectivity index (χ1) is 17.7. The maximum absolute atomic E-state index is 13.2. The smallest absolute Gasteiger partial charge is 0.326 e. The zero-order chi connectivity index (χ0) is 26.8. The van der Waals surface area contributed by atoms with Gasteiger partial charge in [0.15, 0.2) is 5.96 Å². The Balaban J connectivity index is 1.69. The molecule has 3 unspecified atom stereocenters. The van der Waals surface area contributed by atoms with Crippen LogP contribution in [0, 0.1) is 0 Å². The van der Waals surface area contributed by atoms with Gasteiger partial charge < -0.3 is 37.9 Å². The van der Waals surface area contributed by atoms with Gasteiger partial charge in [0.25, 0.3) is 0 Å². The highest BCUT2D eigenvalue weighted by Gasteiger charge is 2.28. The molecule has 0 spiro atoms. The molecule has 196 valence electrons. The summed E-state index contributed by atoms with van der Waals surface area (Å²) in [5.41, 5.74) is 19.4. The molecule has 11 heteroatoms. The van der Waals surface area contributed by atoms with Gasteiger partial charge in [0.05, 0.1) is 6.04 Å². The van der Waals surface area contributed by atoms with Crippen molar-refractivity contribution in [3.8, 4) is 0 Å². The Hall–Kier alpha value is -4.38. The molecule has 1 aromatic heterocycles. The van der Waals surface area contributed by atoms with Gasteiger partial charge in [-0.05, 0) is 36.5 Å². The van der Waals surface area contributed by atoms with Crippen molar-refractivity contribution in [1.82, 2.24) is 15.6 Å². The Bertz CT molecular complexity index is 1240. The Morgan fingerprint density at radius 1 is 0.919 bits per heavy atom. The summed E-state index contributed by atoms with van der Waals surface area (Å²) in [6.07, 6.45) is 2.70. The van der Waals surface area contributed by atoms with E-state index in [-0.39, 0.29) is 31.8 Å². The van der Waals surface area contributed by atoms with Crippen molar-refractivity contribution < 1.29 is 19.5 Å². The highest BCUT2D eigenvalue weighted by molar-refractivity contribution is 5.92. The summed E-state index contributed by atoms with van der Waals surface area (Å²) < 4.78 is 0. The van der Waals surface area contributed by atoms with E-state index >= 15 is 0 Å². The number of rotatable bonds is 13. The molecule has 1 heterocycles. The third kappa shape index (κ3) is 8.07. The van der Waals surface area contributed by atoms with Crippen LogP contribution in [-0.2, 0) is 27.2 Å². The van der Waals surface area contributed by atoms with Crippen LogP contribution in [0.5, 0.6) is 0 Å². The van der Waals surface area contributed by atoms with Crippen LogP contribution in [0.1, 0.15) is 24.0 Å². The molecule has 10 N–H and O–H groups in total. The van der Waals surface area contributed by atoms with Crippen LogP contribution in [0.15, 0.2) is 65.8 Å². The zero-order valence-corrected chi connectivity index (χ0v) is 20.4. The fraction of sp³-hybridized carbons (Fsp3) is 0.308. The van der Waals surface area contributed by atoms with Gasteiger partial charge >= 0.3 is 5.97 Å². The highest BCUT2D eigenvalue weighted by atomic mass is 16.4. The quantitative estimate of drug-likeness (QED) is 0.0984. The second-order valence-electron chi connectivity index (χ2n) is 8.77. The standard InChI is InChI=1S/C26H33N7O4/c27-19(14-17-15-31-20-10-5-4-9-18(17)20)23(34)33-22(13-16-7-2-1-3-8-16)24(35)32-21(25(36)37)11-6-12-30-26(28)29/h1-5,7-10,15,19,21-22,31H,6,11-14,27H2,(H,32,35)(H,33,34)(H,36,37)(H4,28,29,30). The molecule has 2 aromatic carbocycles. The number of carboxylic acid groups (broad SMARTS) is 1. The highest BCUT2D eigenvalue weighted by Crippen LogP contribution is 2.19. The summed E-state index contributed by atoms with van der Waals surface area (Å²) in [7, 11) is 0. The molecule has 0 aliphatic carbocycles. The largest absolute Gasteiger partial charge is 0.480 e. The molecule has 2 amide bonds. The van der Waals surface area contributed by atoms with E-state index in [0.717, 1.165) is 22.0 Å². The summed E-state index contributed by atoms with van der Waals surface area (Å²) in [5, 5.41) is 15.8. The van der Waals surface area contributed by atoms with E-state index in [9.17, 15) is 19.5 Å². The summed E-state index contributed by atoms with van der Waals surface area (Å²) in [4.78, 5) is 44.9. The lowest BCUT2D eigenvalue weighted by Crippen LogP contribution is -2.55. The lowest BCUT2D eigenvalue weighted by atomic mass is 10.0. The number of hydrogen-bond donors (Lipinski definition) is 7. The molecular weight excluding hydrogens is 474 g/mol. The number of benzene rings is 2. The van der Waals surface area contributed by atoms with Crippen molar-refractivity contribution in [2.45, 2.75) is 43.8 Å². The number of carboxylic acids is 1. The van der Waals surface area contributed by atoms with Crippen LogP contribution in [0.3, 0.4) is 0 Å². The molecule has 3 rings (SSSR count). The minimum absolute atomic E-state index is 0.0921. The maximum Gasteiger partial charge on any atom is 0.326 e. The van der Waals surface area contributed by atoms with Crippen LogP contribution in [0.2, 0.25) is 0 Å². The number of hydrogen-bond acceptors (Lipinski definition) is 5. The molecule has 3 atom stereocenters. The van der Waals surface area contributed by atoms with Crippen molar-refractivity contribution in [3.63, 3.8) is 0 Å². The number of carbonyl (C=O) groups excluding carboxylic acids is 2. The average molecular weight is 508 g/mol. The number of H-pyrrole nitrogens is 1. The van der Waals surface area contributed by atoms with E-state index in [2.05, 4.69) is 20.6 Å². The van der Waals surface area contributed by atoms with Crippen LogP contribution in [0.25, 0.3) is 10.9 Å². The molecule has 3 aromatic rings. The van der Waals surface area contributed by atoms with Gasteiger partial charge in [-0.15, -0.1) is 0 Å². The van der Waals surface area contributed by atoms with Crippen molar-refractivity contribution in [2.24, 2.45) is 22.2 Å². The van der Waals surface area contributed by atoms with Crippen molar-refractivity contribution in [3.05, 3.63) is 71.9 Å². The van der Waals surface area contributed by atoms with Crippen LogP contribution in [-0.4, -0.2) is 58.5 Å². The molecule has 0 aliphatic heterocycles. The summed E-state index contributed by atoms with van der Waals surface area (Å²) in [5.74, 6) is -2.42. The SMILES string of the molecule is NC(N)=NCCCC(NC(=O)C(Cc1ccccc1)NC(=O)C(N)Cc1c[nH]c2ccccc12)C(=O)O. The number of guanidine groups is 1. The minimum Gasteiger partial charge on any atom is -0.480 e. The van der Waals surface area contributed by atoms with E-state index in [1.165, 1.54) is 0 Å². The molecule has 0 fully saturated rings. The van der Waals surface area contributed by atoms with Crippen molar-refractivity contribution in [1.29, 1.82) is 0 Å². The lowest BCUT2D eigenvalue weighted by Gasteiger charge is -2.23. The number of fused-ring (bicyclic) bond motifs is 1. The fourth-order valence-electron chi connectivity index (χ4n) is 4.00. The molecule has 0 saturated heterocycles. The Kier molecular flexibility index (Phi) is 9.61. The molecule has 0 aliphatic rings. The number of para-hydroxylation sites is 1. The fourth-order valence-corrected chi connectivity index (χ4v) is 4.00. The topological polar surface area (TPSA) is 202 Å². The van der Waals surface area contributed by atoms with Crippen LogP contribution in [0.4, 0.5) is 0 Å². The predicted molar refractivity (Wildman–Crippen MR) is 142 cm³/mol. The molecule has 0 saturated carbocycles. The second kappa shape index (κ2) is 13.1. The van der Waals surface area contributed by atoms with Crippen molar-refractivity contribution in [2.75, 3.05) is 6.54 Å². The number of aromatic amines is 1. The normalized spacial score (nSPS) is 13.3. The van der Waals surface area contributed by atoms with Gasteiger partial charge in [0.2, 0.25) is 11.8 Å². The first kappa shape index (κ1) is 27.2. The number of carbonyl (C=O) groups is 3. The third-order valence-corrected chi connectivity index (χ3v) is 5.93. The predicted octanol–water partition coefficient (Wildman–Crippen LogP) is 0.388. The third-order valence-electron chi connectivity index (χ3n) is 5.93. The van der Waals surface area contributed by atoms with Crippen LogP contribution >= 0.6 is 0 Å². The maximum atomic E-state index is 13.2. The van der Waals surface area contributed by atoms with E-state index in [1.807, 2.05) is 60.8 Å². The Morgan fingerprint density at radius 3 is 2.30 bits per heavy atom. The molecular formula is C26H33N7O4. The summed E-state index contributed by atoms with van der Waals surface area (Å²) in [6, 6.07) is 13.7. The summed E-state index contributed by atoms with van der Waals surface area (Å²) >= 11 is 0. The average Bonchev–Trinajstić information content (AvgIpc) is 3.28. The minimum atomic E-state index is -1.20. The first-order valence-electron chi connectivity index (χ1n) is 12.0. The molecule has 0 bridgehead atoms. The zero-order valence-electron chi connectivity index (χ0n) is 20.4. The van der Waals surface area contributed by atoms with Gasteiger partial charge in [-0.25, -0.2) is 4.79 Å². The number of aliphatic imine (C=N–C) groups is 1. The van der Waals surface area contributed by atoms with Gasteiger partial charge in [-0.3, -0.25) is 14.6 Å². The molecule has 11 nitrogen and oxygen atoms in total. The second-order valence-corrected chi connectivity index (χ2v) is 8.77. The number of nitrogens with zero attached hydrogens (tertiary/aromatic N) is 1. The van der Waals surface area contributed by atoms with Gasteiger partial charge in [-0.1, -0.05) is 48.5 Å². The first-order valence-corrected chi connectivity index (χ1v) is 12.0. The number of aliphatic carboxylic acids is 1. The number of nitrogens with two attached hydrogens (primary N) is 3. The van der Waals surface area contributed by atoms with Gasteiger partial charge in [-0.2, -0.15) is 0 Å². The Morgan fingerprint density at radius 2 is 1.59 bits per heavy atom. The Labute approximate surface area is 214 Å². The number of amides is 2. The molecule has 0 radical (unpaired) electrons. The van der Waals surface area contributed by atoms with Gasteiger partial charge in [0, 0.05) is 30.1 Å². The monoisotopic (exact) mass is 507 g/mol. The lowest BCUT2D eigenvalue weighted by molar-refractivity contribution is -0.142. The number of nitrogens with one attached hydrogen (secondary N) is 3. The summed E-state index contributed by atoms with van der Waals surface area (Å²) in [6.45, 7) is 0.231. The van der Waals surface area contributed by atoms with E-state index in [4.69, 9.17) is 17.2 Å². The van der Waals surface area contributed by atoms with E-state index in [1.54, 1.807) is 0 Å². The van der Waals surface area contributed by atoms with E-state index in [0.29, 0.717) is 6.42 Å². The van der Waals surface area contributed by atoms with Gasteiger partial charge in [0.1, 0.15) is 12.1 Å². The van der Waals surface area contributed by atoms with E-state index < -0.39 is 35.9 Å². The van der Waals surface area contributed by atoms with Crippen molar-refractivity contribution >= 4 is 34.6 Å².